The Balaban J connectivity index is 3.05. The normalized spacial score (nSPS) is 12.2. The summed E-state index contributed by atoms with van der Waals surface area (Å²) in [6.45, 7) is -2.33. The molecule has 0 spiro atoms. The first-order valence-electron chi connectivity index (χ1n) is 5.15. The molecule has 0 unspecified atom stereocenters. The fraction of sp³-hybridized carbons (Fsp3) is 0.300. The zero-order chi connectivity index (χ0) is 15.6. The summed E-state index contributed by atoms with van der Waals surface area (Å²) in [5.74, 6) is -1.44. The summed E-state index contributed by atoms with van der Waals surface area (Å²) in [6, 6.07) is 4.15. The lowest BCUT2D eigenvalue weighted by molar-refractivity contribution is -0.136. The molecule has 0 atom stereocenters. The molecule has 0 aliphatic heterocycles. The van der Waals surface area contributed by atoms with Gasteiger partial charge in [-0.2, -0.15) is 13.2 Å². The number of hydrogen-bond donors (Lipinski definition) is 2. The highest BCUT2D eigenvalue weighted by atomic mass is 32.2. The lowest BCUT2D eigenvalue weighted by atomic mass is 10.3. The van der Waals surface area contributed by atoms with Crippen LogP contribution in [0, 0.1) is 0 Å². The summed E-state index contributed by atoms with van der Waals surface area (Å²) < 4.78 is 59.1. The fourth-order valence-electron chi connectivity index (χ4n) is 1.46. The Kier molecular flexibility index (Phi) is 4.61. The average Bonchev–Trinajstić information content (AvgIpc) is 2.24. The molecule has 0 heterocycles. The van der Waals surface area contributed by atoms with Crippen LogP contribution in [-0.2, 0) is 14.8 Å². The van der Waals surface area contributed by atoms with Crippen LogP contribution < -0.4 is 10.0 Å². The van der Waals surface area contributed by atoms with E-state index in [9.17, 15) is 26.4 Å². The number of primary sulfonamides is 1. The summed E-state index contributed by atoms with van der Waals surface area (Å²) in [5.41, 5.74) is -0.0721. The van der Waals surface area contributed by atoms with Crippen molar-refractivity contribution in [3.63, 3.8) is 0 Å². The van der Waals surface area contributed by atoms with Crippen molar-refractivity contribution in [1.82, 2.24) is 0 Å². The number of anilines is 1. The number of hydrogen-bond acceptors (Lipinski definition) is 4. The number of carboxylic acids is 1. The van der Waals surface area contributed by atoms with Gasteiger partial charge in [-0.15, -0.1) is 0 Å². The lowest BCUT2D eigenvalue weighted by Crippen LogP contribution is -2.37. The van der Waals surface area contributed by atoms with Crippen molar-refractivity contribution < 1.29 is 31.5 Å². The molecule has 112 valence electrons. The second-order valence-corrected chi connectivity index (χ2v) is 5.47. The number of nitrogens with two attached hydrogens (primary N) is 1. The van der Waals surface area contributed by atoms with Gasteiger partial charge in [-0.05, 0) is 24.3 Å². The maximum Gasteiger partial charge on any atom is 0.405 e. The van der Waals surface area contributed by atoms with E-state index >= 15 is 0 Å². The van der Waals surface area contributed by atoms with Crippen LogP contribution in [0.1, 0.15) is 0 Å². The van der Waals surface area contributed by atoms with Crippen LogP contribution in [0.3, 0.4) is 0 Å². The summed E-state index contributed by atoms with van der Waals surface area (Å²) in [6.07, 6.45) is -4.59. The van der Waals surface area contributed by atoms with Gasteiger partial charge < -0.3 is 10.0 Å². The second kappa shape index (κ2) is 5.67. The topological polar surface area (TPSA) is 101 Å². The van der Waals surface area contributed by atoms with E-state index < -0.39 is 35.3 Å². The zero-order valence-electron chi connectivity index (χ0n) is 9.96. The first-order chi connectivity index (χ1) is 8.99. The molecule has 0 aliphatic rings. The van der Waals surface area contributed by atoms with Crippen molar-refractivity contribution in [1.29, 1.82) is 0 Å². The standard InChI is InChI=1S/C10H11F3N2O4S/c11-10(12,13)6-15(5-9(16)17)7-1-3-8(4-2-7)20(14,18)19/h1-4H,5-6H2,(H,16,17)(H2,14,18,19). The Labute approximate surface area is 112 Å². The molecule has 3 N–H and O–H groups in total. The maximum atomic E-state index is 12.4. The van der Waals surface area contributed by atoms with Crippen LogP contribution in [0.25, 0.3) is 0 Å². The fourth-order valence-corrected chi connectivity index (χ4v) is 1.98. The highest BCUT2D eigenvalue weighted by Gasteiger charge is 2.31. The first kappa shape index (κ1) is 16.2. The van der Waals surface area contributed by atoms with E-state index in [1.165, 1.54) is 0 Å². The van der Waals surface area contributed by atoms with Crippen molar-refractivity contribution in [2.24, 2.45) is 5.14 Å². The highest BCUT2D eigenvalue weighted by molar-refractivity contribution is 7.89. The molecule has 0 aromatic heterocycles. The Bertz CT molecular complexity index is 584. The minimum absolute atomic E-state index is 0.0721. The number of benzene rings is 1. The van der Waals surface area contributed by atoms with Gasteiger partial charge in [-0.25, -0.2) is 13.6 Å². The average molecular weight is 312 g/mol. The molecule has 20 heavy (non-hydrogen) atoms. The third-order valence-electron chi connectivity index (χ3n) is 2.23. The van der Waals surface area contributed by atoms with Gasteiger partial charge in [0.25, 0.3) is 0 Å². The van der Waals surface area contributed by atoms with Crippen molar-refractivity contribution in [2.45, 2.75) is 11.1 Å². The minimum Gasteiger partial charge on any atom is -0.480 e. The highest BCUT2D eigenvalue weighted by Crippen LogP contribution is 2.23. The third kappa shape index (κ3) is 5.05. The third-order valence-corrected chi connectivity index (χ3v) is 3.16. The quantitative estimate of drug-likeness (QED) is 0.837. The number of halogens is 3. The van der Waals surface area contributed by atoms with E-state index in [-0.39, 0.29) is 10.6 Å². The number of carboxylic acid groups (broad SMARTS) is 1. The molecule has 0 amide bonds. The van der Waals surface area contributed by atoms with Crippen LogP contribution >= 0.6 is 0 Å². The Morgan fingerprint density at radius 1 is 1.25 bits per heavy atom. The van der Waals surface area contributed by atoms with Gasteiger partial charge in [0.15, 0.2) is 0 Å². The van der Waals surface area contributed by atoms with E-state index in [1.807, 2.05) is 0 Å². The largest absolute Gasteiger partial charge is 0.480 e. The van der Waals surface area contributed by atoms with E-state index in [4.69, 9.17) is 10.2 Å². The molecule has 1 aromatic carbocycles. The first-order valence-corrected chi connectivity index (χ1v) is 6.70. The number of alkyl halides is 3. The number of aliphatic carboxylic acids is 1. The molecule has 6 nitrogen and oxygen atoms in total. The molecule has 10 heteroatoms. The van der Waals surface area contributed by atoms with E-state index in [0.717, 1.165) is 24.3 Å². The molecular weight excluding hydrogens is 301 g/mol. The van der Waals surface area contributed by atoms with Gasteiger partial charge >= 0.3 is 12.1 Å². The summed E-state index contributed by atoms with van der Waals surface area (Å²) in [4.78, 5) is 10.9. The smallest absolute Gasteiger partial charge is 0.405 e. The van der Waals surface area contributed by atoms with Gasteiger partial charge in [0.05, 0.1) is 4.90 Å². The van der Waals surface area contributed by atoms with Gasteiger partial charge in [0, 0.05) is 5.69 Å². The number of carbonyl (C=O) groups is 1. The van der Waals surface area contributed by atoms with Gasteiger partial charge in [-0.1, -0.05) is 0 Å². The van der Waals surface area contributed by atoms with Gasteiger partial charge in [-0.3, -0.25) is 4.79 Å². The van der Waals surface area contributed by atoms with Gasteiger partial charge in [0.1, 0.15) is 13.1 Å². The zero-order valence-corrected chi connectivity index (χ0v) is 10.8. The molecule has 1 aromatic rings. The van der Waals surface area contributed by atoms with Crippen LogP contribution in [0.4, 0.5) is 18.9 Å². The van der Waals surface area contributed by atoms with E-state index in [2.05, 4.69) is 0 Å². The van der Waals surface area contributed by atoms with Crippen molar-refractivity contribution >= 4 is 21.7 Å². The molecule has 0 bridgehead atoms. The van der Waals surface area contributed by atoms with Crippen LogP contribution in [0.5, 0.6) is 0 Å². The minimum atomic E-state index is -4.59. The van der Waals surface area contributed by atoms with E-state index in [1.54, 1.807) is 0 Å². The molecular formula is C10H11F3N2O4S. The molecule has 0 radical (unpaired) electrons. The van der Waals surface area contributed by atoms with Gasteiger partial charge in [0.2, 0.25) is 10.0 Å². The second-order valence-electron chi connectivity index (χ2n) is 3.90. The van der Waals surface area contributed by atoms with Crippen LogP contribution in [0.2, 0.25) is 0 Å². The Morgan fingerprint density at radius 2 is 1.75 bits per heavy atom. The lowest BCUT2D eigenvalue weighted by Gasteiger charge is -2.24. The molecule has 0 saturated carbocycles. The van der Waals surface area contributed by atoms with E-state index in [0.29, 0.717) is 4.90 Å². The summed E-state index contributed by atoms with van der Waals surface area (Å²) >= 11 is 0. The Hall–Kier alpha value is -1.81. The van der Waals surface area contributed by atoms with Crippen LogP contribution in [0.15, 0.2) is 29.2 Å². The number of rotatable bonds is 5. The molecule has 0 saturated heterocycles. The van der Waals surface area contributed by atoms with Crippen LogP contribution in [-0.4, -0.2) is 38.8 Å². The Morgan fingerprint density at radius 3 is 2.10 bits per heavy atom. The maximum absolute atomic E-state index is 12.4. The van der Waals surface area contributed by atoms with Crippen molar-refractivity contribution in [3.05, 3.63) is 24.3 Å². The monoisotopic (exact) mass is 312 g/mol. The van der Waals surface area contributed by atoms with Crippen molar-refractivity contribution in [2.75, 3.05) is 18.0 Å². The molecule has 1 rings (SSSR count). The predicted molar refractivity (Wildman–Crippen MR) is 63.7 cm³/mol. The SMILES string of the molecule is NS(=O)(=O)c1ccc(N(CC(=O)O)CC(F)(F)F)cc1. The number of sulfonamides is 1. The predicted octanol–water partition coefficient (Wildman–Crippen LogP) is 0.787. The summed E-state index contributed by atoms with van der Waals surface area (Å²) in [7, 11) is -3.96. The van der Waals surface area contributed by atoms with Crippen molar-refractivity contribution in [3.8, 4) is 0 Å². The number of nitrogens with zero attached hydrogens (tertiary/aromatic N) is 1. The molecule has 0 aliphatic carbocycles. The molecule has 0 fully saturated rings. The summed E-state index contributed by atoms with van der Waals surface area (Å²) in [5, 5.41) is 13.5.